The van der Waals surface area contributed by atoms with Crippen LogP contribution in [0.25, 0.3) is 11.1 Å². The third-order valence-electron chi connectivity index (χ3n) is 3.99. The minimum absolute atomic E-state index is 0.0723. The fraction of sp³-hybridized carbons (Fsp3) is 0.400. The van der Waals surface area contributed by atoms with E-state index in [1.807, 2.05) is 18.2 Å². The van der Waals surface area contributed by atoms with E-state index in [-0.39, 0.29) is 24.6 Å². The van der Waals surface area contributed by atoms with E-state index in [1.54, 1.807) is 6.07 Å². The monoisotopic (exact) mass is 312 g/mol. The van der Waals surface area contributed by atoms with Gasteiger partial charge < -0.3 is 10.3 Å². The number of anilines is 1. The van der Waals surface area contributed by atoms with Gasteiger partial charge in [-0.3, -0.25) is 0 Å². The molecule has 1 aliphatic carbocycles. The molecule has 0 bridgehead atoms. The van der Waals surface area contributed by atoms with E-state index in [0.29, 0.717) is 29.1 Å². The summed E-state index contributed by atoms with van der Waals surface area (Å²) in [7, 11) is 0. The summed E-state index contributed by atoms with van der Waals surface area (Å²) in [6.45, 7) is 0. The summed E-state index contributed by atoms with van der Waals surface area (Å²) in [4.78, 5) is 0. The molecule has 1 fully saturated rings. The Labute approximate surface area is 126 Å². The zero-order valence-corrected chi connectivity index (χ0v) is 12.0. The molecule has 1 aliphatic rings. The van der Waals surface area contributed by atoms with Crippen molar-refractivity contribution in [3.8, 4) is 11.1 Å². The van der Waals surface area contributed by atoms with E-state index in [1.165, 1.54) is 0 Å². The number of benzene rings is 1. The number of nitrogens with two attached hydrogens (primary N) is 1. The number of nitrogen functional groups attached to an aromatic ring is 1. The molecule has 21 heavy (non-hydrogen) atoms. The second-order valence-corrected chi connectivity index (χ2v) is 5.82. The Bertz CT molecular complexity index is 647. The summed E-state index contributed by atoms with van der Waals surface area (Å²) < 4.78 is 31.7. The second-order valence-electron chi connectivity index (χ2n) is 5.42. The third-order valence-corrected chi connectivity index (χ3v) is 4.32. The van der Waals surface area contributed by atoms with Crippen molar-refractivity contribution in [3.05, 3.63) is 35.0 Å². The number of nitrogens with zero attached hydrogens (tertiary/aromatic N) is 1. The van der Waals surface area contributed by atoms with Crippen LogP contribution in [0, 0.1) is 0 Å². The first-order valence-corrected chi connectivity index (χ1v) is 7.23. The fourth-order valence-corrected chi connectivity index (χ4v) is 3.07. The standard InChI is InChI=1S/C15H15ClF2N2O/c16-11-4-2-1-3-10(11)12-13(20-21-14(12)19)9-5-7-15(17,18)8-6-9/h1-4,9H,5-8,19H2. The predicted molar refractivity (Wildman–Crippen MR) is 77.5 cm³/mol. The fourth-order valence-electron chi connectivity index (χ4n) is 2.84. The summed E-state index contributed by atoms with van der Waals surface area (Å²) in [5, 5.41) is 4.54. The average molecular weight is 313 g/mol. The van der Waals surface area contributed by atoms with Gasteiger partial charge in [0.1, 0.15) is 0 Å². The predicted octanol–water partition coefficient (Wildman–Crippen LogP) is 4.87. The van der Waals surface area contributed by atoms with Crippen molar-refractivity contribution in [1.82, 2.24) is 5.16 Å². The van der Waals surface area contributed by atoms with Crippen LogP contribution < -0.4 is 5.73 Å². The topological polar surface area (TPSA) is 52.0 Å². The zero-order valence-electron chi connectivity index (χ0n) is 11.3. The SMILES string of the molecule is Nc1onc(C2CCC(F)(F)CC2)c1-c1ccccc1Cl. The Morgan fingerprint density at radius 1 is 1.24 bits per heavy atom. The van der Waals surface area contributed by atoms with E-state index in [0.717, 1.165) is 5.56 Å². The summed E-state index contributed by atoms with van der Waals surface area (Å²) in [5.74, 6) is -2.47. The second kappa shape index (κ2) is 5.30. The van der Waals surface area contributed by atoms with E-state index in [2.05, 4.69) is 5.16 Å². The molecule has 3 nitrogen and oxygen atoms in total. The first-order valence-electron chi connectivity index (χ1n) is 6.86. The third kappa shape index (κ3) is 2.75. The molecule has 1 aromatic heterocycles. The van der Waals surface area contributed by atoms with Crippen molar-refractivity contribution < 1.29 is 13.3 Å². The van der Waals surface area contributed by atoms with Gasteiger partial charge in [0.05, 0.1) is 11.3 Å². The lowest BCUT2D eigenvalue weighted by molar-refractivity contribution is -0.0386. The first kappa shape index (κ1) is 14.3. The molecule has 0 aliphatic heterocycles. The summed E-state index contributed by atoms with van der Waals surface area (Å²) in [6.07, 6.45) is 0.478. The highest BCUT2D eigenvalue weighted by molar-refractivity contribution is 6.33. The maximum Gasteiger partial charge on any atom is 0.248 e. The Morgan fingerprint density at radius 2 is 1.90 bits per heavy atom. The highest BCUT2D eigenvalue weighted by Gasteiger charge is 2.37. The molecule has 0 amide bonds. The van der Waals surface area contributed by atoms with E-state index >= 15 is 0 Å². The van der Waals surface area contributed by atoms with E-state index in [9.17, 15) is 8.78 Å². The number of rotatable bonds is 2. The highest BCUT2D eigenvalue weighted by atomic mass is 35.5. The van der Waals surface area contributed by atoms with Gasteiger partial charge in [0, 0.05) is 29.3 Å². The van der Waals surface area contributed by atoms with Crippen LogP contribution in [0.4, 0.5) is 14.7 Å². The van der Waals surface area contributed by atoms with Crippen molar-refractivity contribution in [2.75, 3.05) is 5.73 Å². The van der Waals surface area contributed by atoms with Gasteiger partial charge in [-0.05, 0) is 18.9 Å². The van der Waals surface area contributed by atoms with Gasteiger partial charge in [-0.1, -0.05) is 35.0 Å². The number of aromatic nitrogens is 1. The average Bonchev–Trinajstić information content (AvgIpc) is 2.81. The molecule has 0 saturated heterocycles. The van der Waals surface area contributed by atoms with Crippen molar-refractivity contribution in [2.45, 2.75) is 37.5 Å². The molecule has 2 aromatic rings. The van der Waals surface area contributed by atoms with Crippen molar-refractivity contribution in [1.29, 1.82) is 0 Å². The molecule has 1 heterocycles. The molecule has 1 aromatic carbocycles. The molecule has 6 heteroatoms. The molecule has 1 saturated carbocycles. The summed E-state index contributed by atoms with van der Waals surface area (Å²) >= 11 is 6.20. The minimum atomic E-state index is -2.57. The van der Waals surface area contributed by atoms with Gasteiger partial charge in [-0.25, -0.2) is 8.78 Å². The minimum Gasteiger partial charge on any atom is -0.367 e. The first-order chi connectivity index (χ1) is 9.98. The van der Waals surface area contributed by atoms with Gasteiger partial charge in [0.25, 0.3) is 0 Å². The summed E-state index contributed by atoms with van der Waals surface area (Å²) in [5.41, 5.74) is 7.86. The van der Waals surface area contributed by atoms with E-state index < -0.39 is 5.92 Å². The Balaban J connectivity index is 1.97. The van der Waals surface area contributed by atoms with Crippen LogP contribution in [0.3, 0.4) is 0 Å². The lowest BCUT2D eigenvalue weighted by atomic mass is 9.82. The normalized spacial score (nSPS) is 18.8. The molecule has 2 N–H and O–H groups in total. The largest absolute Gasteiger partial charge is 0.367 e. The van der Waals surface area contributed by atoms with Gasteiger partial charge in [-0.2, -0.15) is 0 Å². The molecule has 0 unspecified atom stereocenters. The maximum atomic E-state index is 13.3. The summed E-state index contributed by atoms with van der Waals surface area (Å²) in [6, 6.07) is 7.23. The maximum absolute atomic E-state index is 13.3. The van der Waals surface area contributed by atoms with Crippen LogP contribution in [-0.4, -0.2) is 11.1 Å². The molecule has 3 rings (SSSR count). The van der Waals surface area contributed by atoms with Gasteiger partial charge in [0.2, 0.25) is 11.8 Å². The smallest absolute Gasteiger partial charge is 0.248 e. The number of alkyl halides is 2. The van der Waals surface area contributed by atoms with E-state index in [4.69, 9.17) is 21.9 Å². The van der Waals surface area contributed by atoms with Crippen LogP contribution in [-0.2, 0) is 0 Å². The number of hydrogen-bond donors (Lipinski definition) is 1. The van der Waals surface area contributed by atoms with Gasteiger partial charge in [0.15, 0.2) is 0 Å². The zero-order chi connectivity index (χ0) is 15.0. The Hall–Kier alpha value is -1.62. The van der Waals surface area contributed by atoms with Crippen LogP contribution in [0.5, 0.6) is 0 Å². The van der Waals surface area contributed by atoms with Gasteiger partial charge in [-0.15, -0.1) is 0 Å². The van der Waals surface area contributed by atoms with Gasteiger partial charge >= 0.3 is 0 Å². The number of hydrogen-bond acceptors (Lipinski definition) is 3. The Morgan fingerprint density at radius 3 is 2.57 bits per heavy atom. The van der Waals surface area contributed by atoms with Crippen molar-refractivity contribution >= 4 is 17.5 Å². The molecular weight excluding hydrogens is 298 g/mol. The molecule has 0 radical (unpaired) electrons. The van der Waals surface area contributed by atoms with Crippen LogP contribution in [0.2, 0.25) is 5.02 Å². The molecular formula is C15H15ClF2N2O. The lowest BCUT2D eigenvalue weighted by Gasteiger charge is -2.27. The quantitative estimate of drug-likeness (QED) is 0.860. The highest BCUT2D eigenvalue weighted by Crippen LogP contribution is 2.45. The molecule has 0 atom stereocenters. The van der Waals surface area contributed by atoms with Crippen LogP contribution in [0.1, 0.15) is 37.3 Å². The van der Waals surface area contributed by atoms with Crippen molar-refractivity contribution in [2.24, 2.45) is 0 Å². The lowest BCUT2D eigenvalue weighted by Crippen LogP contribution is -2.24. The van der Waals surface area contributed by atoms with Crippen LogP contribution in [0.15, 0.2) is 28.8 Å². The molecule has 112 valence electrons. The Kier molecular flexibility index (Phi) is 3.61. The van der Waals surface area contributed by atoms with Crippen molar-refractivity contribution in [3.63, 3.8) is 0 Å². The van der Waals surface area contributed by atoms with Crippen LogP contribution >= 0.6 is 11.6 Å². The molecule has 0 spiro atoms. The number of halogens is 3.